The molecule has 2 heterocycles. The molecule has 1 saturated heterocycles. The van der Waals surface area contributed by atoms with Crippen LogP contribution in [-0.2, 0) is 11.3 Å². The molecule has 110 valence electrons. The lowest BCUT2D eigenvalue weighted by Gasteiger charge is -2.51. The lowest BCUT2D eigenvalue weighted by atomic mass is 9.61. The van der Waals surface area contributed by atoms with Gasteiger partial charge in [-0.3, -0.25) is 4.90 Å². The van der Waals surface area contributed by atoms with Crippen LogP contribution in [0.1, 0.15) is 36.4 Å². The molecular weight excluding hydrogens is 268 g/mol. The average Bonchev–Trinajstić information content (AvgIpc) is 2.81. The van der Waals surface area contributed by atoms with Crippen molar-refractivity contribution in [3.05, 3.63) is 28.7 Å². The summed E-state index contributed by atoms with van der Waals surface area (Å²) in [6.45, 7) is 9.95. The molecule has 0 N–H and O–H groups in total. The van der Waals surface area contributed by atoms with Crippen molar-refractivity contribution in [1.82, 2.24) is 9.88 Å². The predicted octanol–water partition coefficient (Wildman–Crippen LogP) is 3.40. The lowest BCUT2D eigenvalue weighted by Crippen LogP contribution is -2.49. The van der Waals surface area contributed by atoms with Crippen LogP contribution >= 0.6 is 11.3 Å². The molecule has 1 aliphatic carbocycles. The molecule has 3 rings (SSSR count). The predicted molar refractivity (Wildman–Crippen MR) is 83.0 cm³/mol. The van der Waals surface area contributed by atoms with Gasteiger partial charge in [0.2, 0.25) is 0 Å². The Bertz CT molecular complexity index is 455. The van der Waals surface area contributed by atoms with Gasteiger partial charge in [0, 0.05) is 11.9 Å². The summed E-state index contributed by atoms with van der Waals surface area (Å²) in [6, 6.07) is 0. The molecule has 1 aliphatic heterocycles. The zero-order valence-electron chi connectivity index (χ0n) is 12.3. The quantitative estimate of drug-likeness (QED) is 0.778. The Morgan fingerprint density at radius 2 is 2.25 bits per heavy atom. The molecule has 0 amide bonds. The topological polar surface area (TPSA) is 25.4 Å². The van der Waals surface area contributed by atoms with Crippen LogP contribution in [0.5, 0.6) is 0 Å². The largest absolute Gasteiger partial charge is 0.374 e. The van der Waals surface area contributed by atoms with Crippen LogP contribution in [0.2, 0.25) is 0 Å². The third kappa shape index (κ3) is 3.13. The van der Waals surface area contributed by atoms with E-state index in [4.69, 9.17) is 4.74 Å². The lowest BCUT2D eigenvalue weighted by molar-refractivity contribution is -0.0981. The fourth-order valence-electron chi connectivity index (χ4n) is 3.53. The minimum atomic E-state index is 0.487. The molecule has 2 fully saturated rings. The first-order valence-electron chi connectivity index (χ1n) is 7.55. The van der Waals surface area contributed by atoms with Crippen LogP contribution in [-0.4, -0.2) is 35.7 Å². The van der Waals surface area contributed by atoms with Crippen molar-refractivity contribution in [3.63, 3.8) is 0 Å². The number of aromatic nitrogens is 1. The van der Waals surface area contributed by atoms with Gasteiger partial charge in [0.15, 0.2) is 0 Å². The van der Waals surface area contributed by atoms with Gasteiger partial charge >= 0.3 is 0 Å². The highest BCUT2D eigenvalue weighted by atomic mass is 32.1. The van der Waals surface area contributed by atoms with Crippen LogP contribution < -0.4 is 0 Å². The summed E-state index contributed by atoms with van der Waals surface area (Å²) < 4.78 is 5.74. The number of aryl methyl sites for hydroxylation is 1. The first kappa shape index (κ1) is 14.2. The summed E-state index contributed by atoms with van der Waals surface area (Å²) in [6.07, 6.45) is 7.49. The van der Waals surface area contributed by atoms with E-state index in [1.165, 1.54) is 49.5 Å². The highest BCUT2D eigenvalue weighted by molar-refractivity contribution is 7.09. The second-order valence-corrected chi connectivity index (χ2v) is 7.35. The number of hydrogen-bond acceptors (Lipinski definition) is 4. The molecule has 4 heteroatoms. The van der Waals surface area contributed by atoms with E-state index in [0.29, 0.717) is 18.1 Å². The van der Waals surface area contributed by atoms with Gasteiger partial charge in [-0.15, -0.1) is 17.9 Å². The number of piperidine rings is 1. The maximum atomic E-state index is 5.74. The summed E-state index contributed by atoms with van der Waals surface area (Å²) >= 11 is 1.75. The molecule has 3 nitrogen and oxygen atoms in total. The smallest absolute Gasteiger partial charge is 0.0897 e. The van der Waals surface area contributed by atoms with E-state index >= 15 is 0 Å². The Morgan fingerprint density at radius 3 is 2.85 bits per heavy atom. The van der Waals surface area contributed by atoms with Crippen molar-refractivity contribution in [2.24, 2.45) is 5.41 Å². The second kappa shape index (κ2) is 5.96. The van der Waals surface area contributed by atoms with Gasteiger partial charge in [-0.1, -0.05) is 6.08 Å². The first-order chi connectivity index (χ1) is 9.69. The van der Waals surface area contributed by atoms with Gasteiger partial charge in [-0.25, -0.2) is 4.98 Å². The van der Waals surface area contributed by atoms with Gasteiger partial charge in [-0.05, 0) is 51.1 Å². The standard InChI is InChI=1S/C16H24N2OS/c1-3-8-19-15-9-16(10-15)4-6-18(7-5-16)11-14-12-20-13(2)17-14/h3,12,15H,1,4-11H2,2H3. The SMILES string of the molecule is C=CCOC1CC2(CCN(Cc3csc(C)n3)CC2)C1. The van der Waals surface area contributed by atoms with Crippen LogP contribution in [0, 0.1) is 12.3 Å². The molecule has 1 saturated carbocycles. The Hall–Kier alpha value is -0.710. The molecule has 1 aromatic heterocycles. The average molecular weight is 292 g/mol. The third-order valence-corrected chi connectivity index (χ3v) is 5.56. The van der Waals surface area contributed by atoms with Crippen molar-refractivity contribution < 1.29 is 4.74 Å². The van der Waals surface area contributed by atoms with E-state index in [0.717, 1.165) is 6.54 Å². The molecule has 0 bridgehead atoms. The summed E-state index contributed by atoms with van der Waals surface area (Å²) in [4.78, 5) is 7.12. The molecule has 20 heavy (non-hydrogen) atoms. The van der Waals surface area contributed by atoms with Crippen LogP contribution in [0.3, 0.4) is 0 Å². The zero-order chi connectivity index (χ0) is 14.0. The number of likely N-dealkylation sites (tertiary alicyclic amines) is 1. The van der Waals surface area contributed by atoms with Crippen LogP contribution in [0.25, 0.3) is 0 Å². The Morgan fingerprint density at radius 1 is 1.50 bits per heavy atom. The summed E-state index contributed by atoms with van der Waals surface area (Å²) in [5.74, 6) is 0. The molecule has 1 spiro atoms. The number of thiazole rings is 1. The molecule has 0 atom stereocenters. The van der Waals surface area contributed by atoms with Crippen molar-refractivity contribution in [2.45, 2.75) is 45.3 Å². The van der Waals surface area contributed by atoms with Crippen molar-refractivity contribution in [2.75, 3.05) is 19.7 Å². The molecule has 2 aliphatic rings. The van der Waals surface area contributed by atoms with E-state index in [-0.39, 0.29) is 0 Å². The zero-order valence-corrected chi connectivity index (χ0v) is 13.1. The van der Waals surface area contributed by atoms with Gasteiger partial charge in [0.05, 0.1) is 23.4 Å². The van der Waals surface area contributed by atoms with E-state index in [9.17, 15) is 0 Å². The van der Waals surface area contributed by atoms with E-state index < -0.39 is 0 Å². The summed E-state index contributed by atoms with van der Waals surface area (Å²) in [5, 5.41) is 3.37. The first-order valence-corrected chi connectivity index (χ1v) is 8.43. The van der Waals surface area contributed by atoms with E-state index in [1.54, 1.807) is 11.3 Å². The van der Waals surface area contributed by atoms with Crippen LogP contribution in [0.4, 0.5) is 0 Å². The van der Waals surface area contributed by atoms with Crippen molar-refractivity contribution >= 4 is 11.3 Å². The second-order valence-electron chi connectivity index (χ2n) is 6.29. The molecular formula is C16H24N2OS. The Kier molecular flexibility index (Phi) is 4.24. The highest BCUT2D eigenvalue weighted by Gasteiger charge is 2.46. The van der Waals surface area contributed by atoms with Crippen LogP contribution in [0.15, 0.2) is 18.0 Å². The monoisotopic (exact) mass is 292 g/mol. The number of nitrogens with zero attached hydrogens (tertiary/aromatic N) is 2. The minimum absolute atomic E-state index is 0.487. The normalized spacial score (nSPS) is 22.9. The molecule has 0 unspecified atom stereocenters. The van der Waals surface area contributed by atoms with Gasteiger partial charge < -0.3 is 4.74 Å². The molecule has 0 aromatic carbocycles. The highest BCUT2D eigenvalue weighted by Crippen LogP contribution is 2.50. The maximum absolute atomic E-state index is 5.74. The fourth-order valence-corrected chi connectivity index (χ4v) is 4.14. The van der Waals surface area contributed by atoms with E-state index in [1.807, 2.05) is 6.08 Å². The van der Waals surface area contributed by atoms with Crippen molar-refractivity contribution in [1.29, 1.82) is 0 Å². The van der Waals surface area contributed by atoms with E-state index in [2.05, 4.69) is 28.8 Å². The third-order valence-electron chi connectivity index (χ3n) is 4.74. The van der Waals surface area contributed by atoms with Gasteiger partial charge in [-0.2, -0.15) is 0 Å². The fraction of sp³-hybridized carbons (Fsp3) is 0.688. The number of ether oxygens (including phenoxy) is 1. The number of rotatable bonds is 5. The summed E-state index contributed by atoms with van der Waals surface area (Å²) in [5.41, 5.74) is 1.82. The van der Waals surface area contributed by atoms with Crippen molar-refractivity contribution in [3.8, 4) is 0 Å². The maximum Gasteiger partial charge on any atom is 0.0897 e. The Balaban J connectivity index is 1.43. The Labute approximate surface area is 125 Å². The van der Waals surface area contributed by atoms with Gasteiger partial charge in [0.25, 0.3) is 0 Å². The minimum Gasteiger partial charge on any atom is -0.374 e. The summed E-state index contributed by atoms with van der Waals surface area (Å²) in [7, 11) is 0. The number of hydrogen-bond donors (Lipinski definition) is 0. The molecule has 0 radical (unpaired) electrons. The molecule has 1 aromatic rings. The van der Waals surface area contributed by atoms with Gasteiger partial charge in [0.1, 0.15) is 0 Å².